The number of hydrogen-bond acceptors (Lipinski definition) is 5. The van der Waals surface area contributed by atoms with E-state index < -0.39 is 5.91 Å². The summed E-state index contributed by atoms with van der Waals surface area (Å²) >= 11 is 0. The number of fused-ring (bicyclic) bond motifs is 2. The number of rotatable bonds is 6. The van der Waals surface area contributed by atoms with Crippen LogP contribution in [-0.2, 0) is 0 Å². The van der Waals surface area contributed by atoms with E-state index in [2.05, 4.69) is 29.7 Å². The zero-order chi connectivity index (χ0) is 19.8. The van der Waals surface area contributed by atoms with Crippen LogP contribution in [0, 0.1) is 0 Å². The first-order chi connectivity index (χ1) is 13.5. The molecule has 0 fully saturated rings. The van der Waals surface area contributed by atoms with Gasteiger partial charge in [-0.25, -0.2) is 9.97 Å². The monoisotopic (exact) mass is 377 g/mol. The third-order valence-electron chi connectivity index (χ3n) is 4.95. The molecule has 0 unspecified atom stereocenters. The van der Waals surface area contributed by atoms with Gasteiger partial charge in [0.05, 0.1) is 46.0 Å². The molecule has 0 aliphatic carbocycles. The maximum atomic E-state index is 12.3. The highest BCUT2D eigenvalue weighted by Crippen LogP contribution is 2.36. The van der Waals surface area contributed by atoms with Gasteiger partial charge < -0.3 is 25.5 Å². The number of aromatic amines is 2. The van der Waals surface area contributed by atoms with Gasteiger partial charge in [0.1, 0.15) is 0 Å². The molecule has 0 spiro atoms. The number of primary amides is 1. The molecular formula is C20H23N7O. The molecular weight excluding hydrogens is 354 g/mol. The van der Waals surface area contributed by atoms with Gasteiger partial charge in [-0.05, 0) is 37.9 Å². The van der Waals surface area contributed by atoms with E-state index in [9.17, 15) is 4.79 Å². The van der Waals surface area contributed by atoms with Gasteiger partial charge in [0, 0.05) is 25.7 Å². The van der Waals surface area contributed by atoms with Gasteiger partial charge >= 0.3 is 0 Å². The highest BCUT2D eigenvalue weighted by molar-refractivity contribution is 6.13. The molecule has 8 heteroatoms. The summed E-state index contributed by atoms with van der Waals surface area (Å²) in [6.07, 6.45) is 3.27. The number of anilines is 1. The van der Waals surface area contributed by atoms with Crippen molar-refractivity contribution in [3.63, 3.8) is 0 Å². The Morgan fingerprint density at radius 3 is 2.61 bits per heavy atom. The molecule has 1 amide bonds. The van der Waals surface area contributed by atoms with Crippen molar-refractivity contribution in [3.05, 3.63) is 42.5 Å². The molecule has 4 N–H and O–H groups in total. The number of aromatic nitrogens is 4. The zero-order valence-electron chi connectivity index (χ0n) is 16.2. The molecule has 4 rings (SSSR count). The van der Waals surface area contributed by atoms with E-state index in [1.807, 2.05) is 45.4 Å². The Hall–Kier alpha value is -3.39. The van der Waals surface area contributed by atoms with Crippen LogP contribution < -0.4 is 10.6 Å². The standard InChI is InChI=1S/C20H23N7O/c1-26(2)6-7-27(3)16-9-13(12-4-5-14-15(8-12)23-10-22-14)18-19(25-11-24-18)17(16)20(21)28/h4-5,8-11H,6-7H2,1-3H3,(H2,21,28)(H,22,23)(H,24,25). The Kier molecular flexibility index (Phi) is 4.48. The van der Waals surface area contributed by atoms with E-state index in [-0.39, 0.29) is 0 Å². The highest BCUT2D eigenvalue weighted by atomic mass is 16.1. The molecule has 0 aliphatic heterocycles. The number of likely N-dealkylation sites (N-methyl/N-ethyl adjacent to an activating group) is 2. The van der Waals surface area contributed by atoms with Gasteiger partial charge in [-0.3, -0.25) is 4.79 Å². The number of carbonyl (C=O) groups excluding carboxylic acids is 1. The summed E-state index contributed by atoms with van der Waals surface area (Å²) in [5.41, 5.74) is 12.1. The smallest absolute Gasteiger partial charge is 0.253 e. The molecule has 2 heterocycles. The molecule has 0 atom stereocenters. The third-order valence-corrected chi connectivity index (χ3v) is 4.95. The van der Waals surface area contributed by atoms with E-state index in [1.165, 1.54) is 0 Å². The summed E-state index contributed by atoms with van der Waals surface area (Å²) in [7, 11) is 6.01. The van der Waals surface area contributed by atoms with E-state index in [0.29, 0.717) is 11.1 Å². The van der Waals surface area contributed by atoms with Crippen LogP contribution in [0.3, 0.4) is 0 Å². The minimum atomic E-state index is -0.475. The van der Waals surface area contributed by atoms with Crippen LogP contribution in [0.2, 0.25) is 0 Å². The van der Waals surface area contributed by atoms with Crippen molar-refractivity contribution in [2.24, 2.45) is 5.73 Å². The lowest BCUT2D eigenvalue weighted by Crippen LogP contribution is -2.30. The average molecular weight is 377 g/mol. The summed E-state index contributed by atoms with van der Waals surface area (Å²) in [5.74, 6) is -0.475. The van der Waals surface area contributed by atoms with Gasteiger partial charge in [-0.15, -0.1) is 0 Å². The van der Waals surface area contributed by atoms with Gasteiger partial charge in [-0.2, -0.15) is 0 Å². The predicted octanol–water partition coefficient (Wildman–Crippen LogP) is 2.20. The molecule has 144 valence electrons. The van der Waals surface area contributed by atoms with Crippen molar-refractivity contribution in [2.75, 3.05) is 39.1 Å². The second kappa shape index (κ2) is 6.97. The van der Waals surface area contributed by atoms with E-state index in [4.69, 9.17) is 5.73 Å². The van der Waals surface area contributed by atoms with Crippen molar-refractivity contribution < 1.29 is 4.79 Å². The highest BCUT2D eigenvalue weighted by Gasteiger charge is 2.21. The van der Waals surface area contributed by atoms with E-state index >= 15 is 0 Å². The first kappa shape index (κ1) is 18.0. The van der Waals surface area contributed by atoms with Crippen LogP contribution in [0.15, 0.2) is 36.9 Å². The van der Waals surface area contributed by atoms with Gasteiger partial charge in [0.25, 0.3) is 5.91 Å². The summed E-state index contributed by atoms with van der Waals surface area (Å²) in [6, 6.07) is 8.02. The molecule has 2 aromatic carbocycles. The minimum Gasteiger partial charge on any atom is -0.373 e. The van der Waals surface area contributed by atoms with E-state index in [1.54, 1.807) is 12.7 Å². The Labute approximate surface area is 162 Å². The molecule has 0 saturated carbocycles. The molecule has 0 bridgehead atoms. The number of carbonyl (C=O) groups is 1. The van der Waals surface area contributed by atoms with Crippen molar-refractivity contribution in [3.8, 4) is 11.1 Å². The first-order valence-electron chi connectivity index (χ1n) is 9.05. The number of benzene rings is 2. The molecule has 0 aliphatic rings. The second-order valence-electron chi connectivity index (χ2n) is 7.17. The number of amides is 1. The van der Waals surface area contributed by atoms with E-state index in [0.717, 1.165) is 46.5 Å². The molecule has 8 nitrogen and oxygen atoms in total. The van der Waals surface area contributed by atoms with Crippen molar-refractivity contribution >= 4 is 33.7 Å². The molecule has 28 heavy (non-hydrogen) atoms. The van der Waals surface area contributed by atoms with Crippen molar-refractivity contribution in [1.29, 1.82) is 0 Å². The maximum absolute atomic E-state index is 12.3. The van der Waals surface area contributed by atoms with Crippen LogP contribution in [-0.4, -0.2) is 65.0 Å². The van der Waals surface area contributed by atoms with Crippen molar-refractivity contribution in [2.45, 2.75) is 0 Å². The predicted molar refractivity (Wildman–Crippen MR) is 112 cm³/mol. The average Bonchev–Trinajstić information content (AvgIpc) is 3.32. The number of nitrogens with zero attached hydrogens (tertiary/aromatic N) is 4. The first-order valence-corrected chi connectivity index (χ1v) is 9.05. The summed E-state index contributed by atoms with van der Waals surface area (Å²) in [5, 5.41) is 0. The Balaban J connectivity index is 1.92. The molecule has 4 aromatic rings. The van der Waals surface area contributed by atoms with Crippen LogP contribution in [0.1, 0.15) is 10.4 Å². The largest absolute Gasteiger partial charge is 0.373 e. The number of H-pyrrole nitrogens is 2. The van der Waals surface area contributed by atoms with Gasteiger partial charge in [0.2, 0.25) is 0 Å². The number of nitrogens with two attached hydrogens (primary N) is 1. The minimum absolute atomic E-state index is 0.458. The van der Waals surface area contributed by atoms with Crippen LogP contribution in [0.5, 0.6) is 0 Å². The molecule has 0 radical (unpaired) electrons. The fourth-order valence-electron chi connectivity index (χ4n) is 3.44. The zero-order valence-corrected chi connectivity index (χ0v) is 16.2. The quantitative estimate of drug-likeness (QED) is 0.477. The van der Waals surface area contributed by atoms with Crippen molar-refractivity contribution in [1.82, 2.24) is 24.8 Å². The summed E-state index contributed by atoms with van der Waals surface area (Å²) in [6.45, 7) is 1.61. The Morgan fingerprint density at radius 2 is 1.86 bits per heavy atom. The summed E-state index contributed by atoms with van der Waals surface area (Å²) in [4.78, 5) is 31.4. The van der Waals surface area contributed by atoms with Crippen LogP contribution >= 0.6 is 0 Å². The lowest BCUT2D eigenvalue weighted by Gasteiger charge is -2.24. The molecule has 0 saturated heterocycles. The fourth-order valence-corrected chi connectivity index (χ4v) is 3.44. The second-order valence-corrected chi connectivity index (χ2v) is 7.17. The normalized spacial score (nSPS) is 11.6. The topological polar surface area (TPSA) is 107 Å². The number of hydrogen-bond donors (Lipinski definition) is 3. The van der Waals surface area contributed by atoms with Gasteiger partial charge in [0.15, 0.2) is 0 Å². The Bertz CT molecular complexity index is 1160. The fraction of sp³-hybridized carbons (Fsp3) is 0.250. The number of nitrogens with one attached hydrogen (secondary N) is 2. The maximum Gasteiger partial charge on any atom is 0.253 e. The number of imidazole rings is 2. The van der Waals surface area contributed by atoms with Crippen LogP contribution in [0.4, 0.5) is 5.69 Å². The summed E-state index contributed by atoms with van der Waals surface area (Å²) < 4.78 is 0. The lowest BCUT2D eigenvalue weighted by molar-refractivity contribution is 0.100. The Morgan fingerprint density at radius 1 is 1.07 bits per heavy atom. The van der Waals surface area contributed by atoms with Gasteiger partial charge in [-0.1, -0.05) is 6.07 Å². The molecule has 2 aromatic heterocycles. The lowest BCUT2D eigenvalue weighted by atomic mass is 9.98. The van der Waals surface area contributed by atoms with Crippen LogP contribution in [0.25, 0.3) is 33.2 Å². The third kappa shape index (κ3) is 3.07. The SMILES string of the molecule is CN(C)CCN(C)c1cc(-c2ccc3nc[nH]c3c2)c2nc[nH]c2c1C(N)=O.